The molecule has 1 amide bonds. The molecule has 2 N–H and O–H groups in total. The summed E-state index contributed by atoms with van der Waals surface area (Å²) >= 11 is 12.1. The third kappa shape index (κ3) is 4.14. The predicted octanol–water partition coefficient (Wildman–Crippen LogP) is 4.08. The van der Waals surface area contributed by atoms with Gasteiger partial charge in [0.2, 0.25) is 5.91 Å². The molecule has 0 spiro atoms. The van der Waals surface area contributed by atoms with Crippen molar-refractivity contribution in [1.82, 2.24) is 5.32 Å². The number of aliphatic carboxylic acids is 1. The first-order valence-electron chi connectivity index (χ1n) is 7.97. The molecular formula is C19H17Cl2NO3. The first kappa shape index (κ1) is 17.8. The smallest absolute Gasteiger partial charge is 0.312 e. The Bertz CT molecular complexity index is 795. The fourth-order valence-corrected chi connectivity index (χ4v) is 3.55. The maximum atomic E-state index is 12.4. The molecule has 4 nitrogen and oxygen atoms in total. The highest BCUT2D eigenvalue weighted by Gasteiger charge is 2.45. The minimum Gasteiger partial charge on any atom is -0.481 e. The topological polar surface area (TPSA) is 66.4 Å². The minimum absolute atomic E-state index is 0.0600. The zero-order chi connectivity index (χ0) is 18.0. The van der Waals surface area contributed by atoms with Gasteiger partial charge in [-0.3, -0.25) is 9.59 Å². The van der Waals surface area contributed by atoms with Gasteiger partial charge in [-0.25, -0.2) is 0 Å². The van der Waals surface area contributed by atoms with Crippen LogP contribution in [0.25, 0.3) is 0 Å². The molecule has 1 aliphatic carbocycles. The van der Waals surface area contributed by atoms with Crippen LogP contribution in [-0.4, -0.2) is 23.5 Å². The highest BCUT2D eigenvalue weighted by molar-refractivity contribution is 6.35. The summed E-state index contributed by atoms with van der Waals surface area (Å²) in [7, 11) is 0. The summed E-state index contributed by atoms with van der Waals surface area (Å²) in [5, 5.41) is 13.3. The lowest BCUT2D eigenvalue weighted by Gasteiger charge is -2.14. The number of carbonyl (C=O) groups is 2. The maximum Gasteiger partial charge on any atom is 0.312 e. The van der Waals surface area contributed by atoms with Gasteiger partial charge in [0.15, 0.2) is 0 Å². The molecule has 0 heterocycles. The molecule has 3 atom stereocenters. The first-order valence-corrected chi connectivity index (χ1v) is 8.73. The molecule has 6 heteroatoms. The third-order valence-corrected chi connectivity index (χ3v) is 5.03. The van der Waals surface area contributed by atoms with Crippen molar-refractivity contribution in [2.45, 2.75) is 18.3 Å². The maximum absolute atomic E-state index is 12.4. The average molecular weight is 378 g/mol. The van der Waals surface area contributed by atoms with Gasteiger partial charge in [0.25, 0.3) is 0 Å². The minimum atomic E-state index is -0.959. The highest BCUT2D eigenvalue weighted by atomic mass is 35.5. The first-order chi connectivity index (χ1) is 12.0. The molecule has 130 valence electrons. The van der Waals surface area contributed by atoms with Crippen molar-refractivity contribution >= 4 is 35.1 Å². The summed E-state index contributed by atoms with van der Waals surface area (Å²) in [4.78, 5) is 23.8. The quantitative estimate of drug-likeness (QED) is 0.796. The van der Waals surface area contributed by atoms with Crippen molar-refractivity contribution < 1.29 is 14.7 Å². The van der Waals surface area contributed by atoms with E-state index in [1.807, 2.05) is 12.1 Å². The van der Waals surface area contributed by atoms with E-state index in [9.17, 15) is 14.7 Å². The van der Waals surface area contributed by atoms with Crippen LogP contribution in [0.1, 0.15) is 29.4 Å². The Hall–Kier alpha value is -2.04. The Labute approximate surface area is 155 Å². The number of amides is 1. The van der Waals surface area contributed by atoms with Gasteiger partial charge in [0, 0.05) is 22.5 Å². The number of nitrogens with one attached hydrogen (secondary N) is 1. The van der Waals surface area contributed by atoms with Crippen molar-refractivity contribution in [3.05, 3.63) is 69.7 Å². The number of rotatable bonds is 6. The van der Waals surface area contributed by atoms with Gasteiger partial charge in [-0.2, -0.15) is 0 Å². The van der Waals surface area contributed by atoms with Crippen LogP contribution >= 0.6 is 23.2 Å². The predicted molar refractivity (Wildman–Crippen MR) is 97.1 cm³/mol. The summed E-state index contributed by atoms with van der Waals surface area (Å²) in [5.41, 5.74) is 1.58. The van der Waals surface area contributed by atoms with Gasteiger partial charge in [-0.05, 0) is 35.6 Å². The summed E-state index contributed by atoms with van der Waals surface area (Å²) < 4.78 is 0. The van der Waals surface area contributed by atoms with Crippen LogP contribution < -0.4 is 5.32 Å². The molecule has 0 aliphatic heterocycles. The van der Waals surface area contributed by atoms with Crippen molar-refractivity contribution in [3.8, 4) is 0 Å². The van der Waals surface area contributed by atoms with Crippen molar-refractivity contribution in [2.75, 3.05) is 6.54 Å². The number of halogens is 2. The molecule has 1 saturated carbocycles. The molecule has 0 aromatic heterocycles. The molecule has 0 saturated heterocycles. The van der Waals surface area contributed by atoms with Crippen LogP contribution in [0, 0.1) is 5.92 Å². The van der Waals surface area contributed by atoms with Crippen LogP contribution in [0.3, 0.4) is 0 Å². The number of carboxylic acid groups (broad SMARTS) is 1. The van der Waals surface area contributed by atoms with E-state index >= 15 is 0 Å². The fourth-order valence-electron chi connectivity index (χ4n) is 3.00. The van der Waals surface area contributed by atoms with Crippen LogP contribution in [-0.2, 0) is 9.59 Å². The van der Waals surface area contributed by atoms with E-state index < -0.39 is 11.9 Å². The van der Waals surface area contributed by atoms with Crippen LogP contribution in [0.15, 0.2) is 48.5 Å². The zero-order valence-electron chi connectivity index (χ0n) is 13.3. The van der Waals surface area contributed by atoms with Gasteiger partial charge < -0.3 is 10.4 Å². The number of hydrogen-bond donors (Lipinski definition) is 2. The number of carboxylic acids is 1. The second kappa shape index (κ2) is 7.46. The van der Waals surface area contributed by atoms with Crippen LogP contribution in [0.5, 0.6) is 0 Å². The SMILES string of the molecule is O=C(O)C(CNC(=O)C1CC1c1ccc(Cl)cc1Cl)c1ccccc1. The zero-order valence-corrected chi connectivity index (χ0v) is 14.8. The molecular weight excluding hydrogens is 361 g/mol. The summed E-state index contributed by atoms with van der Waals surface area (Å²) in [5.74, 6) is -1.98. The molecule has 25 heavy (non-hydrogen) atoms. The Morgan fingerprint density at radius 3 is 2.52 bits per heavy atom. The van der Waals surface area contributed by atoms with Crippen molar-refractivity contribution in [2.24, 2.45) is 5.92 Å². The van der Waals surface area contributed by atoms with E-state index in [1.165, 1.54) is 0 Å². The van der Waals surface area contributed by atoms with Crippen LogP contribution in [0.2, 0.25) is 10.0 Å². The fraction of sp³-hybridized carbons (Fsp3) is 0.263. The van der Waals surface area contributed by atoms with Gasteiger partial charge in [-0.15, -0.1) is 0 Å². The molecule has 3 rings (SSSR count). The average Bonchev–Trinajstić information content (AvgIpc) is 3.36. The Balaban J connectivity index is 1.61. The summed E-state index contributed by atoms with van der Waals surface area (Å²) in [6.07, 6.45) is 0.705. The molecule has 1 fully saturated rings. The van der Waals surface area contributed by atoms with E-state index in [1.54, 1.807) is 36.4 Å². The molecule has 2 aromatic rings. The van der Waals surface area contributed by atoms with Gasteiger partial charge in [0.05, 0.1) is 5.92 Å². The van der Waals surface area contributed by atoms with Crippen molar-refractivity contribution in [3.63, 3.8) is 0 Å². The molecule has 1 aliphatic rings. The largest absolute Gasteiger partial charge is 0.481 e. The van der Waals surface area contributed by atoms with Gasteiger partial charge in [-0.1, -0.05) is 59.6 Å². The lowest BCUT2D eigenvalue weighted by molar-refractivity contribution is -0.138. The Morgan fingerprint density at radius 2 is 1.88 bits per heavy atom. The number of carbonyl (C=O) groups excluding carboxylic acids is 1. The Morgan fingerprint density at radius 1 is 1.16 bits per heavy atom. The van der Waals surface area contributed by atoms with Crippen molar-refractivity contribution in [1.29, 1.82) is 0 Å². The van der Waals surface area contributed by atoms with Gasteiger partial charge >= 0.3 is 5.97 Å². The lowest BCUT2D eigenvalue weighted by Crippen LogP contribution is -2.32. The molecule has 2 aromatic carbocycles. The second-order valence-electron chi connectivity index (χ2n) is 6.16. The molecule has 0 radical (unpaired) electrons. The third-order valence-electron chi connectivity index (χ3n) is 4.47. The molecule has 3 unspecified atom stereocenters. The van der Waals surface area contributed by atoms with E-state index in [0.717, 1.165) is 5.56 Å². The van der Waals surface area contributed by atoms with Gasteiger partial charge in [0.1, 0.15) is 0 Å². The Kier molecular flexibility index (Phi) is 5.30. The van der Waals surface area contributed by atoms with E-state index in [0.29, 0.717) is 22.0 Å². The molecule has 0 bridgehead atoms. The van der Waals surface area contributed by atoms with E-state index in [2.05, 4.69) is 5.32 Å². The highest BCUT2D eigenvalue weighted by Crippen LogP contribution is 2.50. The monoisotopic (exact) mass is 377 g/mol. The normalized spacial score (nSPS) is 19.9. The lowest BCUT2D eigenvalue weighted by atomic mass is 9.99. The number of benzene rings is 2. The van der Waals surface area contributed by atoms with E-state index in [-0.39, 0.29) is 24.3 Å². The van der Waals surface area contributed by atoms with Crippen LogP contribution in [0.4, 0.5) is 0 Å². The number of hydrogen-bond acceptors (Lipinski definition) is 2. The standard InChI is InChI=1S/C19H17Cl2NO3/c20-12-6-7-13(17(21)8-12)14-9-15(14)18(23)22-10-16(19(24)25)11-4-2-1-3-5-11/h1-8,14-16H,9-10H2,(H,22,23)(H,24,25). The summed E-state index contributed by atoms with van der Waals surface area (Å²) in [6, 6.07) is 14.2. The van der Waals surface area contributed by atoms with E-state index in [4.69, 9.17) is 23.2 Å². The summed E-state index contributed by atoms with van der Waals surface area (Å²) in [6.45, 7) is 0.0652. The second-order valence-corrected chi connectivity index (χ2v) is 7.00.